The Kier molecular flexibility index (Phi) is 4.44. The van der Waals surface area contributed by atoms with E-state index < -0.39 is 14.9 Å². The molecule has 8 nitrogen and oxygen atoms in total. The van der Waals surface area contributed by atoms with Crippen molar-refractivity contribution in [2.75, 3.05) is 5.32 Å². The number of benzene rings is 1. The van der Waals surface area contributed by atoms with E-state index in [1.807, 2.05) is 13.8 Å². The molecule has 0 atom stereocenters. The lowest BCUT2D eigenvalue weighted by atomic mass is 10.2. The van der Waals surface area contributed by atoms with Gasteiger partial charge in [-0.05, 0) is 26.0 Å². The summed E-state index contributed by atoms with van der Waals surface area (Å²) in [6.45, 7) is 4.11. The summed E-state index contributed by atoms with van der Waals surface area (Å²) in [5.41, 5.74) is 0.658. The van der Waals surface area contributed by atoms with Crippen LogP contribution in [0.2, 0.25) is 0 Å². The van der Waals surface area contributed by atoms with Crippen LogP contribution in [-0.4, -0.2) is 18.3 Å². The average Bonchev–Trinajstić information content (AvgIpc) is 2.73. The smallest absolute Gasteiger partial charge is 0.293 e. The predicted octanol–water partition coefficient (Wildman–Crippen LogP) is 1.93. The molecule has 0 saturated heterocycles. The van der Waals surface area contributed by atoms with Gasteiger partial charge in [-0.25, -0.2) is 18.5 Å². The fourth-order valence-corrected chi connectivity index (χ4v) is 3.27. The first-order chi connectivity index (χ1) is 10.2. The van der Waals surface area contributed by atoms with E-state index in [2.05, 4.69) is 10.3 Å². The lowest BCUT2D eigenvalue weighted by molar-refractivity contribution is -0.384. The molecule has 1 aromatic carbocycles. The predicted molar refractivity (Wildman–Crippen MR) is 83.4 cm³/mol. The highest BCUT2D eigenvalue weighted by Gasteiger charge is 2.19. The van der Waals surface area contributed by atoms with Gasteiger partial charge in [-0.3, -0.25) is 10.1 Å². The number of thiazole rings is 1. The number of sulfonamides is 1. The summed E-state index contributed by atoms with van der Waals surface area (Å²) in [5, 5.41) is 19.9. The molecular weight excluding hydrogens is 328 g/mol. The van der Waals surface area contributed by atoms with Crippen LogP contribution in [0.15, 0.2) is 23.1 Å². The second kappa shape index (κ2) is 5.99. The number of nitrogens with one attached hydrogen (secondary N) is 1. The molecule has 22 heavy (non-hydrogen) atoms. The lowest BCUT2D eigenvalue weighted by Gasteiger charge is -2.07. The van der Waals surface area contributed by atoms with Crippen LogP contribution in [-0.2, 0) is 16.6 Å². The van der Waals surface area contributed by atoms with Gasteiger partial charge >= 0.3 is 0 Å². The summed E-state index contributed by atoms with van der Waals surface area (Å²) >= 11 is 1.54. The Labute approximate surface area is 131 Å². The number of nitrogens with two attached hydrogens (primary N) is 1. The third-order valence-electron chi connectivity index (χ3n) is 2.94. The molecule has 10 heteroatoms. The molecule has 118 valence electrons. The Morgan fingerprint density at radius 1 is 1.41 bits per heavy atom. The first-order valence-corrected chi connectivity index (χ1v) is 8.53. The average molecular weight is 342 g/mol. The van der Waals surface area contributed by atoms with Crippen LogP contribution >= 0.6 is 11.3 Å². The molecule has 3 N–H and O–H groups in total. The van der Waals surface area contributed by atoms with Crippen LogP contribution in [0.4, 0.5) is 11.4 Å². The Balaban J connectivity index is 2.31. The summed E-state index contributed by atoms with van der Waals surface area (Å²) in [6.07, 6.45) is 0. The molecule has 2 rings (SSSR count). The van der Waals surface area contributed by atoms with Gasteiger partial charge in [0.25, 0.3) is 5.69 Å². The molecule has 0 bridgehead atoms. The number of aryl methyl sites for hydroxylation is 2. The highest BCUT2D eigenvalue weighted by Crippen LogP contribution is 2.28. The quantitative estimate of drug-likeness (QED) is 0.631. The van der Waals surface area contributed by atoms with Gasteiger partial charge in [0, 0.05) is 10.9 Å². The van der Waals surface area contributed by atoms with E-state index in [0.717, 1.165) is 21.6 Å². The number of nitrogens with zero attached hydrogens (tertiary/aromatic N) is 2. The van der Waals surface area contributed by atoms with Crippen molar-refractivity contribution in [2.45, 2.75) is 25.3 Å². The topological polar surface area (TPSA) is 128 Å². The Bertz CT molecular complexity index is 830. The summed E-state index contributed by atoms with van der Waals surface area (Å²) < 4.78 is 22.5. The minimum Gasteiger partial charge on any atom is -0.374 e. The molecule has 1 heterocycles. The first kappa shape index (κ1) is 16.3. The van der Waals surface area contributed by atoms with E-state index in [4.69, 9.17) is 5.14 Å². The zero-order valence-electron chi connectivity index (χ0n) is 11.9. The van der Waals surface area contributed by atoms with Crippen molar-refractivity contribution in [1.82, 2.24) is 4.98 Å². The van der Waals surface area contributed by atoms with Crippen molar-refractivity contribution in [1.29, 1.82) is 0 Å². The molecule has 0 aliphatic carbocycles. The third-order valence-corrected chi connectivity index (χ3v) is 4.78. The highest BCUT2D eigenvalue weighted by molar-refractivity contribution is 7.89. The van der Waals surface area contributed by atoms with Gasteiger partial charge < -0.3 is 5.32 Å². The second-order valence-electron chi connectivity index (χ2n) is 4.57. The fraction of sp³-hybridized carbons (Fsp3) is 0.250. The summed E-state index contributed by atoms with van der Waals surface area (Å²) in [5.74, 6) is 0. The molecule has 0 fully saturated rings. The number of hydrogen-bond donors (Lipinski definition) is 2. The SMILES string of the molecule is Cc1nc(CNc2ccc(S(N)(=O)=O)cc2[N+](=O)[O-])c(C)s1. The Morgan fingerprint density at radius 3 is 2.59 bits per heavy atom. The number of primary sulfonamides is 1. The second-order valence-corrected chi connectivity index (χ2v) is 7.54. The van der Waals surface area contributed by atoms with Crippen LogP contribution in [0.3, 0.4) is 0 Å². The van der Waals surface area contributed by atoms with Crippen molar-refractivity contribution in [2.24, 2.45) is 5.14 Å². The van der Waals surface area contributed by atoms with Gasteiger partial charge in [0.15, 0.2) is 0 Å². The van der Waals surface area contributed by atoms with Crippen molar-refractivity contribution in [3.63, 3.8) is 0 Å². The molecule has 2 aromatic rings. The monoisotopic (exact) mass is 342 g/mol. The van der Waals surface area contributed by atoms with Crippen LogP contribution in [0.25, 0.3) is 0 Å². The van der Waals surface area contributed by atoms with Gasteiger partial charge in [-0.15, -0.1) is 11.3 Å². The Morgan fingerprint density at radius 2 is 2.09 bits per heavy atom. The fourth-order valence-electron chi connectivity index (χ4n) is 1.90. The van der Waals surface area contributed by atoms with E-state index in [-0.39, 0.29) is 16.3 Å². The summed E-state index contributed by atoms with van der Waals surface area (Å²) in [7, 11) is -3.99. The van der Waals surface area contributed by atoms with Gasteiger partial charge in [-0.2, -0.15) is 0 Å². The molecule has 0 aliphatic heterocycles. The minimum absolute atomic E-state index is 0.211. The zero-order valence-corrected chi connectivity index (χ0v) is 13.5. The van der Waals surface area contributed by atoms with E-state index >= 15 is 0 Å². The molecule has 0 amide bonds. The number of nitro groups is 1. The van der Waals surface area contributed by atoms with E-state index in [1.165, 1.54) is 23.5 Å². The zero-order chi connectivity index (χ0) is 16.5. The molecule has 0 saturated carbocycles. The van der Waals surface area contributed by atoms with Gasteiger partial charge in [0.05, 0.1) is 27.1 Å². The van der Waals surface area contributed by atoms with Crippen LogP contribution < -0.4 is 10.5 Å². The lowest BCUT2D eigenvalue weighted by Crippen LogP contribution is -2.13. The highest BCUT2D eigenvalue weighted by atomic mass is 32.2. The Hall–Kier alpha value is -2.04. The molecule has 0 aliphatic rings. The third kappa shape index (κ3) is 3.59. The number of anilines is 1. The van der Waals surface area contributed by atoms with E-state index in [0.29, 0.717) is 6.54 Å². The number of hydrogen-bond acceptors (Lipinski definition) is 7. The van der Waals surface area contributed by atoms with Crippen molar-refractivity contribution >= 4 is 32.7 Å². The number of nitro benzene ring substituents is 1. The van der Waals surface area contributed by atoms with Crippen LogP contribution in [0.5, 0.6) is 0 Å². The van der Waals surface area contributed by atoms with Gasteiger partial charge in [0.2, 0.25) is 10.0 Å². The van der Waals surface area contributed by atoms with E-state index in [1.54, 1.807) is 0 Å². The summed E-state index contributed by atoms with van der Waals surface area (Å²) in [4.78, 5) is 15.5. The molecule has 0 radical (unpaired) electrons. The molecule has 0 spiro atoms. The van der Waals surface area contributed by atoms with Crippen LogP contribution in [0.1, 0.15) is 15.6 Å². The van der Waals surface area contributed by atoms with E-state index in [9.17, 15) is 18.5 Å². The number of rotatable bonds is 5. The molecule has 0 unspecified atom stereocenters. The molecule has 1 aromatic heterocycles. The van der Waals surface area contributed by atoms with Crippen molar-refractivity contribution in [3.8, 4) is 0 Å². The largest absolute Gasteiger partial charge is 0.374 e. The molecular formula is C12H14N4O4S2. The normalized spacial score (nSPS) is 11.4. The number of aromatic nitrogens is 1. The maximum Gasteiger partial charge on any atom is 0.293 e. The van der Waals surface area contributed by atoms with Gasteiger partial charge in [0.1, 0.15) is 5.69 Å². The minimum atomic E-state index is -3.99. The van der Waals surface area contributed by atoms with Crippen molar-refractivity contribution < 1.29 is 13.3 Å². The maximum absolute atomic E-state index is 11.3. The maximum atomic E-state index is 11.3. The van der Waals surface area contributed by atoms with Crippen LogP contribution in [0, 0.1) is 24.0 Å². The van der Waals surface area contributed by atoms with Crippen molar-refractivity contribution in [3.05, 3.63) is 43.9 Å². The first-order valence-electron chi connectivity index (χ1n) is 6.16. The standard InChI is InChI=1S/C12H14N4O4S2/c1-7-11(15-8(2)21-7)6-14-10-4-3-9(22(13,19)20)5-12(10)16(17)18/h3-5,14H,6H2,1-2H3,(H2,13,19,20). The van der Waals surface area contributed by atoms with Gasteiger partial charge in [-0.1, -0.05) is 0 Å². The summed E-state index contributed by atoms with van der Waals surface area (Å²) in [6, 6.07) is 3.49.